The van der Waals surface area contributed by atoms with E-state index < -0.39 is 17.9 Å². The molecule has 29 heavy (non-hydrogen) atoms. The molecule has 2 N–H and O–H groups in total. The number of carbonyl (C=O) groups excluding carboxylic acids is 2. The Kier molecular flexibility index (Phi) is 6.77. The average molecular weight is 415 g/mol. The first-order chi connectivity index (χ1) is 14.0. The standard InChI is InChI=1S/C22H23ClN2O4/c1-3-28-22(27)20(11-15-12-24-19-7-5-4-6-17(15)19)25-21(26)13-29-16-8-9-18(23)14(2)10-16/h4-10,12,20,24H,3,11,13H2,1-2H3,(H,25,26)/t20-/m1/s1. The molecule has 0 unspecified atom stereocenters. The van der Waals surface area contributed by atoms with Gasteiger partial charge >= 0.3 is 5.97 Å². The van der Waals surface area contributed by atoms with E-state index in [9.17, 15) is 9.59 Å². The van der Waals surface area contributed by atoms with E-state index in [1.54, 1.807) is 25.1 Å². The number of fused-ring (bicyclic) bond motifs is 1. The van der Waals surface area contributed by atoms with Crippen molar-refractivity contribution >= 4 is 34.4 Å². The van der Waals surface area contributed by atoms with Crippen molar-refractivity contribution in [2.24, 2.45) is 0 Å². The van der Waals surface area contributed by atoms with Gasteiger partial charge in [-0.1, -0.05) is 29.8 Å². The normalized spacial score (nSPS) is 11.8. The number of aromatic amines is 1. The fourth-order valence-corrected chi connectivity index (χ4v) is 3.17. The fourth-order valence-electron chi connectivity index (χ4n) is 3.05. The zero-order chi connectivity index (χ0) is 20.8. The first kappa shape index (κ1) is 20.7. The summed E-state index contributed by atoms with van der Waals surface area (Å²) in [5, 5.41) is 4.35. The minimum Gasteiger partial charge on any atom is -0.484 e. The zero-order valence-corrected chi connectivity index (χ0v) is 17.1. The monoisotopic (exact) mass is 414 g/mol. The summed E-state index contributed by atoms with van der Waals surface area (Å²) in [7, 11) is 0. The second-order valence-corrected chi connectivity index (χ2v) is 7.04. The summed E-state index contributed by atoms with van der Waals surface area (Å²) in [6.45, 7) is 3.60. The van der Waals surface area contributed by atoms with Crippen molar-refractivity contribution in [1.82, 2.24) is 10.3 Å². The fraction of sp³-hybridized carbons (Fsp3) is 0.273. The molecule has 1 amide bonds. The van der Waals surface area contributed by atoms with Gasteiger partial charge in [0, 0.05) is 28.5 Å². The van der Waals surface area contributed by atoms with Crippen LogP contribution < -0.4 is 10.1 Å². The number of hydrogen-bond acceptors (Lipinski definition) is 4. The molecule has 3 aromatic rings. The number of benzene rings is 2. The number of ether oxygens (including phenoxy) is 2. The van der Waals surface area contributed by atoms with Gasteiger partial charge in [-0.3, -0.25) is 4.79 Å². The number of amides is 1. The number of nitrogens with one attached hydrogen (secondary N) is 2. The number of carbonyl (C=O) groups is 2. The molecule has 0 saturated heterocycles. The summed E-state index contributed by atoms with van der Waals surface area (Å²) in [4.78, 5) is 28.0. The number of halogens is 1. The van der Waals surface area contributed by atoms with Gasteiger partial charge in [-0.2, -0.15) is 0 Å². The SMILES string of the molecule is CCOC(=O)[C@@H](Cc1c[nH]c2ccccc12)NC(=O)COc1ccc(Cl)c(C)c1. The van der Waals surface area contributed by atoms with Gasteiger partial charge in [0.2, 0.25) is 0 Å². The van der Waals surface area contributed by atoms with Crippen LogP contribution in [0.2, 0.25) is 5.02 Å². The summed E-state index contributed by atoms with van der Waals surface area (Å²) >= 11 is 6.00. The first-order valence-electron chi connectivity index (χ1n) is 9.38. The van der Waals surface area contributed by atoms with Crippen LogP contribution in [0.3, 0.4) is 0 Å². The molecule has 0 radical (unpaired) electrons. The number of aromatic nitrogens is 1. The molecule has 2 aromatic carbocycles. The average Bonchev–Trinajstić information content (AvgIpc) is 3.11. The van der Waals surface area contributed by atoms with E-state index >= 15 is 0 Å². The van der Waals surface area contributed by atoms with Crippen molar-refractivity contribution in [3.8, 4) is 5.75 Å². The van der Waals surface area contributed by atoms with Crippen molar-refractivity contribution in [2.75, 3.05) is 13.2 Å². The second kappa shape index (κ2) is 9.47. The van der Waals surface area contributed by atoms with E-state index in [2.05, 4.69) is 10.3 Å². The maximum absolute atomic E-state index is 12.4. The molecule has 6 nitrogen and oxygen atoms in total. The molecular weight excluding hydrogens is 392 g/mol. The Morgan fingerprint density at radius 1 is 1.21 bits per heavy atom. The maximum Gasteiger partial charge on any atom is 0.328 e. The Balaban J connectivity index is 1.67. The topological polar surface area (TPSA) is 80.4 Å². The lowest BCUT2D eigenvalue weighted by Gasteiger charge is -2.17. The molecular formula is C22H23ClN2O4. The smallest absolute Gasteiger partial charge is 0.328 e. The molecule has 0 aliphatic heterocycles. The van der Waals surface area contributed by atoms with Gasteiger partial charge < -0.3 is 19.8 Å². The van der Waals surface area contributed by atoms with Crippen LogP contribution in [0.15, 0.2) is 48.7 Å². The Morgan fingerprint density at radius 3 is 2.76 bits per heavy atom. The van der Waals surface area contributed by atoms with Crippen molar-refractivity contribution in [3.63, 3.8) is 0 Å². The van der Waals surface area contributed by atoms with Crippen molar-refractivity contribution in [1.29, 1.82) is 0 Å². The van der Waals surface area contributed by atoms with Gasteiger partial charge in [0.05, 0.1) is 6.61 Å². The number of para-hydroxylation sites is 1. The highest BCUT2D eigenvalue weighted by Gasteiger charge is 2.24. The zero-order valence-electron chi connectivity index (χ0n) is 16.3. The molecule has 1 heterocycles. The van der Waals surface area contributed by atoms with Crippen LogP contribution in [0.1, 0.15) is 18.1 Å². The highest BCUT2D eigenvalue weighted by molar-refractivity contribution is 6.31. The first-order valence-corrected chi connectivity index (χ1v) is 9.75. The summed E-state index contributed by atoms with van der Waals surface area (Å²) < 4.78 is 10.7. The predicted molar refractivity (Wildman–Crippen MR) is 112 cm³/mol. The third-order valence-electron chi connectivity index (χ3n) is 4.50. The van der Waals surface area contributed by atoms with Crippen LogP contribution in [0.25, 0.3) is 10.9 Å². The van der Waals surface area contributed by atoms with Gasteiger partial charge in [-0.05, 0) is 49.2 Å². The highest BCUT2D eigenvalue weighted by atomic mass is 35.5. The summed E-state index contributed by atoms with van der Waals surface area (Å²) in [6, 6.07) is 12.1. The Hall–Kier alpha value is -2.99. The quantitative estimate of drug-likeness (QED) is 0.549. The minimum absolute atomic E-state index is 0.217. The molecule has 7 heteroatoms. The Labute approximate surface area is 174 Å². The van der Waals surface area contributed by atoms with Crippen LogP contribution in [0.4, 0.5) is 0 Å². The van der Waals surface area contributed by atoms with Crippen LogP contribution >= 0.6 is 11.6 Å². The van der Waals surface area contributed by atoms with Crippen LogP contribution in [-0.2, 0) is 20.7 Å². The second-order valence-electron chi connectivity index (χ2n) is 6.64. The lowest BCUT2D eigenvalue weighted by Crippen LogP contribution is -2.45. The number of hydrogen-bond donors (Lipinski definition) is 2. The third kappa shape index (κ3) is 5.29. The summed E-state index contributed by atoms with van der Waals surface area (Å²) in [5.41, 5.74) is 2.75. The number of aryl methyl sites for hydroxylation is 1. The van der Waals surface area contributed by atoms with E-state index in [0.29, 0.717) is 17.2 Å². The lowest BCUT2D eigenvalue weighted by molar-refractivity contribution is -0.147. The van der Waals surface area contributed by atoms with Crippen molar-refractivity contribution in [2.45, 2.75) is 26.3 Å². The van der Waals surface area contributed by atoms with Gasteiger partial charge in [0.1, 0.15) is 11.8 Å². The number of H-pyrrole nitrogens is 1. The maximum atomic E-state index is 12.4. The minimum atomic E-state index is -0.808. The Bertz CT molecular complexity index is 1010. The largest absolute Gasteiger partial charge is 0.484 e. The van der Waals surface area contributed by atoms with Gasteiger partial charge in [0.25, 0.3) is 5.91 Å². The van der Waals surface area contributed by atoms with E-state index in [4.69, 9.17) is 21.1 Å². The lowest BCUT2D eigenvalue weighted by atomic mass is 10.0. The van der Waals surface area contributed by atoms with E-state index in [-0.39, 0.29) is 13.2 Å². The Morgan fingerprint density at radius 2 is 2.00 bits per heavy atom. The van der Waals surface area contributed by atoms with Crippen molar-refractivity contribution in [3.05, 3.63) is 64.8 Å². The molecule has 3 rings (SSSR count). The number of esters is 1. The molecule has 0 aliphatic carbocycles. The molecule has 1 atom stereocenters. The van der Waals surface area contributed by atoms with Crippen LogP contribution in [-0.4, -0.2) is 36.1 Å². The summed E-state index contributed by atoms with van der Waals surface area (Å²) in [6.07, 6.45) is 2.16. The van der Waals surface area contributed by atoms with Gasteiger partial charge in [-0.15, -0.1) is 0 Å². The predicted octanol–water partition coefficient (Wildman–Crippen LogP) is 3.80. The number of rotatable bonds is 8. The summed E-state index contributed by atoms with van der Waals surface area (Å²) in [5.74, 6) is -0.352. The van der Waals surface area contributed by atoms with E-state index in [1.807, 2.05) is 37.4 Å². The van der Waals surface area contributed by atoms with Gasteiger partial charge in [0.15, 0.2) is 6.61 Å². The molecule has 0 bridgehead atoms. The molecule has 0 saturated carbocycles. The molecule has 0 aliphatic rings. The third-order valence-corrected chi connectivity index (χ3v) is 4.93. The molecule has 0 spiro atoms. The van der Waals surface area contributed by atoms with E-state index in [1.165, 1.54) is 0 Å². The molecule has 0 fully saturated rings. The van der Waals surface area contributed by atoms with Crippen molar-refractivity contribution < 1.29 is 19.1 Å². The van der Waals surface area contributed by atoms with E-state index in [0.717, 1.165) is 22.0 Å². The van der Waals surface area contributed by atoms with Gasteiger partial charge in [-0.25, -0.2) is 4.79 Å². The highest BCUT2D eigenvalue weighted by Crippen LogP contribution is 2.21. The van der Waals surface area contributed by atoms with Crippen LogP contribution in [0, 0.1) is 6.92 Å². The molecule has 152 valence electrons. The molecule has 1 aromatic heterocycles. The van der Waals surface area contributed by atoms with Crippen LogP contribution in [0.5, 0.6) is 5.75 Å².